The molecule has 28 heavy (non-hydrogen) atoms. The normalized spacial score (nSPS) is 15.3. The van der Waals surface area contributed by atoms with E-state index in [-0.39, 0.29) is 27.5 Å². The zero-order chi connectivity index (χ0) is 20.8. The Bertz CT molecular complexity index is 956. The van der Waals surface area contributed by atoms with Crippen LogP contribution in [-0.4, -0.2) is 25.7 Å². The quantitative estimate of drug-likeness (QED) is 0.389. The molecule has 1 amide bonds. The molecule has 8 nitrogen and oxygen atoms in total. The van der Waals surface area contributed by atoms with Crippen molar-refractivity contribution in [2.24, 2.45) is 0 Å². The molecule has 2 aromatic rings. The zero-order valence-corrected chi connectivity index (χ0v) is 15.9. The molecule has 0 radical (unpaired) electrons. The van der Waals surface area contributed by atoms with E-state index in [1.54, 1.807) is 0 Å². The molecule has 1 aliphatic carbocycles. The number of nitro benzene ring substituents is 1. The Morgan fingerprint density at radius 2 is 2.11 bits per heavy atom. The van der Waals surface area contributed by atoms with E-state index in [2.05, 4.69) is 26.3 Å². The lowest BCUT2D eigenvalue weighted by Gasteiger charge is -2.16. The maximum absolute atomic E-state index is 13.2. The Morgan fingerprint density at radius 1 is 1.46 bits per heavy atom. The minimum absolute atomic E-state index is 0.139. The monoisotopic (exact) mass is 462 g/mol. The molecule has 1 saturated carbocycles. The number of carbonyl (C=O) groups excluding carboxylic acids is 1. The van der Waals surface area contributed by atoms with E-state index >= 15 is 0 Å². The van der Waals surface area contributed by atoms with Gasteiger partial charge in [0.2, 0.25) is 5.91 Å². The van der Waals surface area contributed by atoms with Crippen molar-refractivity contribution < 1.29 is 28.0 Å². The SMILES string of the molecule is CC(C(=O)Nc1cc([N+](=O)[O-])ccc1O)n1nc(C(F)(F)F)c(Br)c1C1CC1. The minimum Gasteiger partial charge on any atom is -0.506 e. The number of rotatable bonds is 5. The summed E-state index contributed by atoms with van der Waals surface area (Å²) in [7, 11) is 0. The van der Waals surface area contributed by atoms with Gasteiger partial charge in [0, 0.05) is 18.1 Å². The maximum Gasteiger partial charge on any atom is 0.436 e. The van der Waals surface area contributed by atoms with Crippen LogP contribution in [0.1, 0.15) is 43.1 Å². The van der Waals surface area contributed by atoms with Crippen molar-refractivity contribution in [2.45, 2.75) is 37.9 Å². The van der Waals surface area contributed by atoms with Gasteiger partial charge in [0.25, 0.3) is 5.69 Å². The van der Waals surface area contributed by atoms with Gasteiger partial charge in [-0.3, -0.25) is 19.6 Å². The third-order valence-corrected chi connectivity index (χ3v) is 5.10. The number of nitro groups is 1. The van der Waals surface area contributed by atoms with E-state index in [1.807, 2.05) is 0 Å². The van der Waals surface area contributed by atoms with Gasteiger partial charge >= 0.3 is 6.18 Å². The smallest absolute Gasteiger partial charge is 0.436 e. The van der Waals surface area contributed by atoms with E-state index in [0.29, 0.717) is 12.8 Å². The topological polar surface area (TPSA) is 110 Å². The van der Waals surface area contributed by atoms with Gasteiger partial charge < -0.3 is 10.4 Å². The van der Waals surface area contributed by atoms with Gasteiger partial charge in [-0.15, -0.1) is 0 Å². The molecule has 1 aromatic heterocycles. The van der Waals surface area contributed by atoms with Gasteiger partial charge in [0.1, 0.15) is 11.8 Å². The first kappa shape index (κ1) is 20.1. The van der Waals surface area contributed by atoms with Crippen LogP contribution in [0.15, 0.2) is 22.7 Å². The molecular weight excluding hydrogens is 449 g/mol. The van der Waals surface area contributed by atoms with Crippen molar-refractivity contribution >= 4 is 33.2 Å². The van der Waals surface area contributed by atoms with Crippen molar-refractivity contribution in [1.82, 2.24) is 9.78 Å². The second-order valence-electron chi connectivity index (χ2n) is 6.39. The summed E-state index contributed by atoms with van der Waals surface area (Å²) >= 11 is 2.95. The van der Waals surface area contributed by atoms with Crippen molar-refractivity contribution in [3.63, 3.8) is 0 Å². The molecule has 1 fully saturated rings. The van der Waals surface area contributed by atoms with E-state index in [1.165, 1.54) is 6.92 Å². The predicted octanol–water partition coefficient (Wildman–Crippen LogP) is 4.36. The molecular formula is C16H14BrF3N4O4. The Labute approximate surface area is 164 Å². The number of alkyl halides is 3. The van der Waals surface area contributed by atoms with E-state index < -0.39 is 34.5 Å². The third-order valence-electron chi connectivity index (χ3n) is 4.32. The van der Waals surface area contributed by atoms with Crippen molar-refractivity contribution in [3.05, 3.63) is 44.2 Å². The summed E-state index contributed by atoms with van der Waals surface area (Å²) < 4.78 is 40.4. The Kier molecular flexibility index (Phi) is 5.08. The summed E-state index contributed by atoms with van der Waals surface area (Å²) in [4.78, 5) is 22.7. The zero-order valence-electron chi connectivity index (χ0n) is 14.3. The van der Waals surface area contributed by atoms with Crippen molar-refractivity contribution in [1.29, 1.82) is 0 Å². The molecule has 1 atom stereocenters. The lowest BCUT2D eigenvalue weighted by atomic mass is 10.2. The number of nitrogens with one attached hydrogen (secondary N) is 1. The number of nitrogens with zero attached hydrogens (tertiary/aromatic N) is 3. The van der Waals surface area contributed by atoms with Crippen molar-refractivity contribution in [2.75, 3.05) is 5.32 Å². The van der Waals surface area contributed by atoms with Gasteiger partial charge in [-0.1, -0.05) is 0 Å². The van der Waals surface area contributed by atoms with Crippen LogP contribution in [0.2, 0.25) is 0 Å². The van der Waals surface area contributed by atoms with Crippen LogP contribution in [0.25, 0.3) is 0 Å². The fraction of sp³-hybridized carbons (Fsp3) is 0.375. The number of aromatic nitrogens is 2. The second kappa shape index (κ2) is 7.08. The number of amides is 1. The highest BCUT2D eigenvalue weighted by molar-refractivity contribution is 9.10. The third kappa shape index (κ3) is 3.81. The molecule has 1 heterocycles. The van der Waals surface area contributed by atoms with Crippen LogP contribution in [-0.2, 0) is 11.0 Å². The first-order valence-corrected chi connectivity index (χ1v) is 8.93. The number of non-ortho nitro benzene ring substituents is 1. The Morgan fingerprint density at radius 3 is 2.64 bits per heavy atom. The molecule has 0 spiro atoms. The molecule has 12 heteroatoms. The van der Waals surface area contributed by atoms with Crippen molar-refractivity contribution in [3.8, 4) is 5.75 Å². The number of hydrogen-bond donors (Lipinski definition) is 2. The van der Waals surface area contributed by atoms with Gasteiger partial charge in [-0.05, 0) is 41.8 Å². The summed E-state index contributed by atoms with van der Waals surface area (Å²) in [6.07, 6.45) is -3.33. The molecule has 1 unspecified atom stereocenters. The number of anilines is 1. The number of aromatic hydroxyl groups is 1. The molecule has 3 rings (SSSR count). The summed E-state index contributed by atoms with van der Waals surface area (Å²) in [6, 6.07) is 1.91. The van der Waals surface area contributed by atoms with Gasteiger partial charge in [0.05, 0.1) is 20.8 Å². The summed E-state index contributed by atoms with van der Waals surface area (Å²) in [5, 5.41) is 26.6. The number of phenolic OH excluding ortho intramolecular Hbond substituents is 1. The molecule has 1 aliphatic rings. The number of hydrogen-bond acceptors (Lipinski definition) is 5. The fourth-order valence-electron chi connectivity index (χ4n) is 2.71. The van der Waals surface area contributed by atoms with Crippen LogP contribution in [0.3, 0.4) is 0 Å². The number of benzene rings is 1. The average molecular weight is 463 g/mol. The molecule has 0 saturated heterocycles. The molecule has 0 aliphatic heterocycles. The van der Waals surface area contributed by atoms with Gasteiger partial charge in [-0.25, -0.2) is 0 Å². The highest BCUT2D eigenvalue weighted by Gasteiger charge is 2.43. The molecule has 2 N–H and O–H groups in total. The van der Waals surface area contributed by atoms with Crippen LogP contribution >= 0.6 is 15.9 Å². The lowest BCUT2D eigenvalue weighted by molar-refractivity contribution is -0.384. The van der Waals surface area contributed by atoms with E-state index in [0.717, 1.165) is 22.9 Å². The average Bonchev–Trinajstić information content (AvgIpc) is 3.37. The second-order valence-corrected chi connectivity index (χ2v) is 7.18. The summed E-state index contributed by atoms with van der Waals surface area (Å²) in [5.41, 5.74) is -1.42. The Hall–Kier alpha value is -2.63. The van der Waals surface area contributed by atoms with E-state index in [9.17, 15) is 33.2 Å². The minimum atomic E-state index is -4.69. The Balaban J connectivity index is 1.92. The van der Waals surface area contributed by atoms with Gasteiger partial charge in [0.15, 0.2) is 5.69 Å². The standard InChI is InChI=1S/C16H14BrF3N4O4/c1-7(15(26)21-10-6-9(24(27)28)4-5-11(10)25)23-13(8-2-3-8)12(17)14(22-23)16(18,19)20/h4-8,25H,2-3H2,1H3,(H,21,26). The van der Waals surface area contributed by atoms with Crippen LogP contribution in [0.4, 0.5) is 24.5 Å². The first-order valence-electron chi connectivity index (χ1n) is 8.14. The fourth-order valence-corrected chi connectivity index (χ4v) is 3.52. The maximum atomic E-state index is 13.2. The molecule has 150 valence electrons. The van der Waals surface area contributed by atoms with E-state index in [4.69, 9.17) is 0 Å². The molecule has 1 aromatic carbocycles. The lowest BCUT2D eigenvalue weighted by Crippen LogP contribution is -2.26. The number of halogens is 4. The largest absolute Gasteiger partial charge is 0.506 e. The van der Waals surface area contributed by atoms with Crippen LogP contribution in [0.5, 0.6) is 5.75 Å². The number of phenols is 1. The van der Waals surface area contributed by atoms with Crippen LogP contribution in [0, 0.1) is 10.1 Å². The molecule has 0 bridgehead atoms. The number of carbonyl (C=O) groups is 1. The summed E-state index contributed by atoms with van der Waals surface area (Å²) in [6.45, 7) is 1.36. The highest BCUT2D eigenvalue weighted by atomic mass is 79.9. The predicted molar refractivity (Wildman–Crippen MR) is 95.0 cm³/mol. The highest BCUT2D eigenvalue weighted by Crippen LogP contribution is 2.47. The van der Waals surface area contributed by atoms with Gasteiger partial charge in [-0.2, -0.15) is 18.3 Å². The van der Waals surface area contributed by atoms with Crippen LogP contribution < -0.4 is 5.32 Å². The first-order chi connectivity index (χ1) is 13.0. The summed E-state index contributed by atoms with van der Waals surface area (Å²) in [5.74, 6) is -1.33.